The quantitative estimate of drug-likeness (QED) is 0.651. The van der Waals surface area contributed by atoms with Gasteiger partial charge in [-0.05, 0) is 43.9 Å². The molecule has 0 saturated heterocycles. The van der Waals surface area contributed by atoms with Crippen LogP contribution >= 0.6 is 15.9 Å². The van der Waals surface area contributed by atoms with Crippen LogP contribution in [0.3, 0.4) is 0 Å². The number of furan rings is 1. The molecule has 0 spiro atoms. The Labute approximate surface area is 157 Å². The SMILES string of the molecule is CN(C(=O)O)[C@H]1CC[C@H](c2nc3c(oc4ccc(Br)cc43)c(=O)[nH]2)CC1. The molecule has 8 heteroatoms. The number of nitrogens with one attached hydrogen (secondary N) is 1. The zero-order valence-electron chi connectivity index (χ0n) is 14.2. The maximum absolute atomic E-state index is 12.5. The second kappa shape index (κ2) is 6.42. The molecule has 2 aromatic heterocycles. The number of hydrogen-bond acceptors (Lipinski definition) is 4. The molecule has 7 nitrogen and oxygen atoms in total. The minimum absolute atomic E-state index is 0.0184. The van der Waals surface area contributed by atoms with Crippen molar-refractivity contribution < 1.29 is 14.3 Å². The Morgan fingerprint density at radius 1 is 1.35 bits per heavy atom. The van der Waals surface area contributed by atoms with E-state index in [1.807, 2.05) is 18.2 Å². The number of fused-ring (bicyclic) bond motifs is 3. The number of halogens is 1. The molecule has 1 fully saturated rings. The molecule has 1 saturated carbocycles. The number of aromatic amines is 1. The topological polar surface area (TPSA) is 99.4 Å². The first kappa shape index (κ1) is 17.1. The molecular formula is C18H18BrN3O4. The minimum Gasteiger partial charge on any atom is -0.465 e. The Morgan fingerprint density at radius 3 is 2.77 bits per heavy atom. The van der Waals surface area contributed by atoms with Crippen molar-refractivity contribution in [3.05, 3.63) is 38.9 Å². The van der Waals surface area contributed by atoms with Gasteiger partial charge in [0.25, 0.3) is 5.56 Å². The van der Waals surface area contributed by atoms with E-state index in [9.17, 15) is 9.59 Å². The van der Waals surface area contributed by atoms with Gasteiger partial charge in [-0.1, -0.05) is 15.9 Å². The maximum atomic E-state index is 12.5. The van der Waals surface area contributed by atoms with Gasteiger partial charge in [-0.25, -0.2) is 9.78 Å². The Morgan fingerprint density at radius 2 is 2.08 bits per heavy atom. The van der Waals surface area contributed by atoms with Crippen molar-refractivity contribution in [2.45, 2.75) is 37.6 Å². The number of aromatic nitrogens is 2. The van der Waals surface area contributed by atoms with E-state index in [0.717, 1.165) is 35.5 Å². The van der Waals surface area contributed by atoms with Gasteiger partial charge >= 0.3 is 6.09 Å². The fourth-order valence-electron chi connectivity index (χ4n) is 3.73. The summed E-state index contributed by atoms with van der Waals surface area (Å²) in [5, 5.41) is 9.93. The molecular weight excluding hydrogens is 402 g/mol. The number of nitrogens with zero attached hydrogens (tertiary/aromatic N) is 2. The Bertz CT molecular complexity index is 1050. The number of carbonyl (C=O) groups is 1. The maximum Gasteiger partial charge on any atom is 0.407 e. The summed E-state index contributed by atoms with van der Waals surface area (Å²) in [4.78, 5) is 32.5. The highest BCUT2D eigenvalue weighted by Gasteiger charge is 2.29. The summed E-state index contributed by atoms with van der Waals surface area (Å²) in [5.74, 6) is 0.768. The molecule has 4 rings (SSSR count). The standard InChI is InChI=1S/C18H18BrN3O4/c1-22(18(24)25)11-5-2-9(3-6-11)16-20-14-12-8-10(19)4-7-13(12)26-15(14)17(23)21-16/h4,7-9,11H,2-3,5-6H2,1H3,(H,24,25)(H,20,21,23)/t9-,11-. The molecule has 2 heterocycles. The van der Waals surface area contributed by atoms with Gasteiger partial charge in [0.2, 0.25) is 5.58 Å². The molecule has 26 heavy (non-hydrogen) atoms. The van der Waals surface area contributed by atoms with Crippen molar-refractivity contribution >= 4 is 44.1 Å². The second-order valence-corrected chi connectivity index (χ2v) is 7.69. The molecule has 0 radical (unpaired) electrons. The molecule has 2 N–H and O–H groups in total. The number of amides is 1. The van der Waals surface area contributed by atoms with Gasteiger partial charge in [0.1, 0.15) is 16.9 Å². The van der Waals surface area contributed by atoms with Crippen LogP contribution < -0.4 is 5.56 Å². The number of rotatable bonds is 2. The van der Waals surface area contributed by atoms with Crippen molar-refractivity contribution in [1.29, 1.82) is 0 Å². The van der Waals surface area contributed by atoms with Crippen LogP contribution in [0.5, 0.6) is 0 Å². The van der Waals surface area contributed by atoms with Crippen LogP contribution in [-0.2, 0) is 0 Å². The molecule has 1 aliphatic carbocycles. The number of H-pyrrole nitrogens is 1. The van der Waals surface area contributed by atoms with Crippen molar-refractivity contribution in [2.75, 3.05) is 7.05 Å². The lowest BCUT2D eigenvalue weighted by molar-refractivity contribution is 0.123. The summed E-state index contributed by atoms with van der Waals surface area (Å²) < 4.78 is 6.55. The Balaban J connectivity index is 1.68. The van der Waals surface area contributed by atoms with Gasteiger partial charge in [0.15, 0.2) is 0 Å². The molecule has 1 aromatic carbocycles. The van der Waals surface area contributed by atoms with Gasteiger partial charge in [0, 0.05) is 28.9 Å². The van der Waals surface area contributed by atoms with Crippen LogP contribution in [0.1, 0.15) is 37.4 Å². The number of benzene rings is 1. The molecule has 136 valence electrons. The average molecular weight is 420 g/mol. The van der Waals surface area contributed by atoms with E-state index in [0.29, 0.717) is 16.9 Å². The monoisotopic (exact) mass is 419 g/mol. The van der Waals surface area contributed by atoms with E-state index >= 15 is 0 Å². The van der Waals surface area contributed by atoms with Gasteiger partial charge in [-0.15, -0.1) is 0 Å². The summed E-state index contributed by atoms with van der Waals surface area (Å²) in [6.45, 7) is 0. The normalized spacial score (nSPS) is 20.5. The molecule has 0 bridgehead atoms. The lowest BCUT2D eigenvalue weighted by Gasteiger charge is -2.32. The summed E-state index contributed by atoms with van der Waals surface area (Å²) in [7, 11) is 1.61. The van der Waals surface area contributed by atoms with Crippen LogP contribution in [0, 0.1) is 0 Å². The first-order valence-corrected chi connectivity index (χ1v) is 9.31. The van der Waals surface area contributed by atoms with Crippen molar-refractivity contribution in [3.8, 4) is 0 Å². The van der Waals surface area contributed by atoms with E-state index in [-0.39, 0.29) is 23.1 Å². The predicted molar refractivity (Wildman–Crippen MR) is 101 cm³/mol. The largest absolute Gasteiger partial charge is 0.465 e. The van der Waals surface area contributed by atoms with Crippen LogP contribution in [0.25, 0.3) is 22.1 Å². The van der Waals surface area contributed by atoms with Gasteiger partial charge < -0.3 is 19.4 Å². The van der Waals surface area contributed by atoms with Gasteiger partial charge in [0.05, 0.1) is 0 Å². The molecule has 0 unspecified atom stereocenters. The third-order valence-corrected chi connectivity index (χ3v) is 5.73. The molecule has 3 aromatic rings. The van der Waals surface area contributed by atoms with Crippen LogP contribution in [0.2, 0.25) is 0 Å². The first-order chi connectivity index (χ1) is 12.4. The van der Waals surface area contributed by atoms with Crippen LogP contribution in [-0.4, -0.2) is 39.2 Å². The smallest absolute Gasteiger partial charge is 0.407 e. The number of carboxylic acid groups (broad SMARTS) is 1. The zero-order valence-corrected chi connectivity index (χ0v) is 15.7. The highest BCUT2D eigenvalue weighted by molar-refractivity contribution is 9.10. The minimum atomic E-state index is -0.906. The highest BCUT2D eigenvalue weighted by atomic mass is 79.9. The number of hydrogen-bond donors (Lipinski definition) is 2. The summed E-state index contributed by atoms with van der Waals surface area (Å²) in [5.41, 5.74) is 1.17. The molecule has 0 atom stereocenters. The summed E-state index contributed by atoms with van der Waals surface area (Å²) >= 11 is 3.44. The second-order valence-electron chi connectivity index (χ2n) is 6.77. The van der Waals surface area contributed by atoms with Crippen molar-refractivity contribution in [3.63, 3.8) is 0 Å². The van der Waals surface area contributed by atoms with Crippen LogP contribution in [0.4, 0.5) is 4.79 Å². The average Bonchev–Trinajstić information content (AvgIpc) is 3.00. The fraction of sp³-hybridized carbons (Fsp3) is 0.389. The Kier molecular flexibility index (Phi) is 4.22. The highest BCUT2D eigenvalue weighted by Crippen LogP contribution is 2.34. The van der Waals surface area contributed by atoms with Gasteiger partial charge in [-0.2, -0.15) is 0 Å². The van der Waals surface area contributed by atoms with E-state index < -0.39 is 6.09 Å². The lowest BCUT2D eigenvalue weighted by Crippen LogP contribution is -2.38. The van der Waals surface area contributed by atoms with Crippen LogP contribution in [0.15, 0.2) is 31.9 Å². The Hall–Kier alpha value is -2.35. The van der Waals surface area contributed by atoms with E-state index in [1.54, 1.807) is 7.05 Å². The van der Waals surface area contributed by atoms with Crippen molar-refractivity contribution in [2.24, 2.45) is 0 Å². The first-order valence-electron chi connectivity index (χ1n) is 8.52. The van der Waals surface area contributed by atoms with E-state index in [4.69, 9.17) is 14.5 Å². The van der Waals surface area contributed by atoms with E-state index in [2.05, 4.69) is 20.9 Å². The predicted octanol–water partition coefficient (Wildman–Crippen LogP) is 4.07. The summed E-state index contributed by atoms with van der Waals surface area (Å²) in [6, 6.07) is 5.59. The third kappa shape index (κ3) is 2.88. The summed E-state index contributed by atoms with van der Waals surface area (Å²) in [6.07, 6.45) is 2.18. The fourth-order valence-corrected chi connectivity index (χ4v) is 4.09. The third-order valence-electron chi connectivity index (χ3n) is 5.24. The lowest BCUT2D eigenvalue weighted by atomic mass is 9.85. The molecule has 1 amide bonds. The molecule has 0 aliphatic heterocycles. The molecule has 1 aliphatic rings. The van der Waals surface area contributed by atoms with E-state index in [1.165, 1.54) is 4.90 Å². The van der Waals surface area contributed by atoms with Crippen molar-refractivity contribution in [1.82, 2.24) is 14.9 Å². The zero-order chi connectivity index (χ0) is 18.4. The van der Waals surface area contributed by atoms with Gasteiger partial charge in [-0.3, -0.25) is 4.79 Å².